The normalized spacial score (nSPS) is 10.2. The number of carbonyl (C=O) groups is 2. The molecule has 0 spiro atoms. The molecular weight excluding hydrogens is 336 g/mol. The molecule has 0 saturated carbocycles. The summed E-state index contributed by atoms with van der Waals surface area (Å²) < 4.78 is 25.9. The molecule has 0 heterocycles. The van der Waals surface area contributed by atoms with E-state index >= 15 is 0 Å². The first-order valence-electron chi connectivity index (χ1n) is 7.06. The van der Waals surface area contributed by atoms with Gasteiger partial charge in [0.25, 0.3) is 5.69 Å². The smallest absolute Gasteiger partial charge is 0.293 e. The molecular formula is C16H13F2N3O4. The van der Waals surface area contributed by atoms with Gasteiger partial charge in [-0.25, -0.2) is 8.78 Å². The molecule has 2 N–H and O–H groups in total. The van der Waals surface area contributed by atoms with E-state index in [2.05, 4.69) is 10.6 Å². The van der Waals surface area contributed by atoms with Crippen molar-refractivity contribution in [1.82, 2.24) is 0 Å². The average molecular weight is 349 g/mol. The van der Waals surface area contributed by atoms with Gasteiger partial charge in [-0.05, 0) is 31.2 Å². The van der Waals surface area contributed by atoms with Crippen molar-refractivity contribution in [2.45, 2.75) is 6.92 Å². The summed E-state index contributed by atoms with van der Waals surface area (Å²) in [4.78, 5) is 33.5. The summed E-state index contributed by atoms with van der Waals surface area (Å²) in [5, 5.41) is 16.0. The molecule has 2 aromatic rings. The predicted octanol–water partition coefficient (Wildman–Crippen LogP) is 3.13. The fourth-order valence-electron chi connectivity index (χ4n) is 2.01. The minimum atomic E-state index is -1.11. The molecule has 25 heavy (non-hydrogen) atoms. The Balaban J connectivity index is 2.07. The highest BCUT2D eigenvalue weighted by atomic mass is 19.2. The number of halogens is 2. The minimum absolute atomic E-state index is 0.0483. The Morgan fingerprint density at radius 3 is 2.44 bits per heavy atom. The number of carbonyl (C=O) groups excluding carboxylic acids is 2. The number of nitrogens with one attached hydrogen (secondary N) is 2. The summed E-state index contributed by atoms with van der Waals surface area (Å²) >= 11 is 0. The Hall–Kier alpha value is -3.36. The summed E-state index contributed by atoms with van der Waals surface area (Å²) in [5.74, 6) is -3.10. The molecule has 9 heteroatoms. The van der Waals surface area contributed by atoms with E-state index in [1.165, 1.54) is 25.1 Å². The number of hydrogen-bond acceptors (Lipinski definition) is 5. The van der Waals surface area contributed by atoms with Gasteiger partial charge in [0.2, 0.25) is 5.91 Å². The highest BCUT2D eigenvalue weighted by Crippen LogP contribution is 2.25. The SMILES string of the molecule is CC(=O)c1ccc(NCC(=O)Nc2ccc(F)c(F)c2)c([N+](=O)[O-])c1. The van der Waals surface area contributed by atoms with E-state index in [9.17, 15) is 28.5 Å². The van der Waals surface area contributed by atoms with Crippen LogP contribution in [0.2, 0.25) is 0 Å². The fraction of sp³-hybridized carbons (Fsp3) is 0.125. The zero-order chi connectivity index (χ0) is 18.6. The highest BCUT2D eigenvalue weighted by Gasteiger charge is 2.17. The number of nitrogens with zero attached hydrogens (tertiary/aromatic N) is 1. The van der Waals surface area contributed by atoms with Crippen LogP contribution < -0.4 is 10.6 Å². The number of anilines is 2. The Kier molecular flexibility index (Phi) is 5.38. The van der Waals surface area contributed by atoms with Crippen molar-refractivity contribution in [3.63, 3.8) is 0 Å². The van der Waals surface area contributed by atoms with Gasteiger partial charge in [0, 0.05) is 23.4 Å². The number of nitro benzene ring substituents is 1. The Morgan fingerprint density at radius 2 is 1.84 bits per heavy atom. The van der Waals surface area contributed by atoms with Gasteiger partial charge < -0.3 is 10.6 Å². The van der Waals surface area contributed by atoms with Crippen LogP contribution in [0.25, 0.3) is 0 Å². The quantitative estimate of drug-likeness (QED) is 0.474. The zero-order valence-electron chi connectivity index (χ0n) is 13.0. The van der Waals surface area contributed by atoms with E-state index in [0.717, 1.165) is 18.2 Å². The second kappa shape index (κ2) is 7.47. The van der Waals surface area contributed by atoms with Gasteiger partial charge in [0.15, 0.2) is 17.4 Å². The number of hydrogen-bond donors (Lipinski definition) is 2. The molecule has 0 aliphatic heterocycles. The monoisotopic (exact) mass is 349 g/mol. The number of Topliss-reactive ketones (excluding diaryl/α,β-unsaturated/α-hetero) is 1. The molecule has 0 saturated heterocycles. The molecule has 0 unspecified atom stereocenters. The van der Waals surface area contributed by atoms with Crippen LogP contribution >= 0.6 is 0 Å². The number of amides is 1. The maximum Gasteiger partial charge on any atom is 0.293 e. The fourth-order valence-corrected chi connectivity index (χ4v) is 2.01. The van der Waals surface area contributed by atoms with Crippen LogP contribution in [0.1, 0.15) is 17.3 Å². The van der Waals surface area contributed by atoms with E-state index in [1.54, 1.807) is 0 Å². The van der Waals surface area contributed by atoms with Crippen molar-refractivity contribution in [2.24, 2.45) is 0 Å². The molecule has 130 valence electrons. The first-order chi connectivity index (χ1) is 11.8. The van der Waals surface area contributed by atoms with Crippen LogP contribution in [-0.2, 0) is 4.79 Å². The first-order valence-corrected chi connectivity index (χ1v) is 7.06. The molecule has 7 nitrogen and oxygen atoms in total. The van der Waals surface area contributed by atoms with Crippen molar-refractivity contribution in [1.29, 1.82) is 0 Å². The van der Waals surface area contributed by atoms with Crippen molar-refractivity contribution in [2.75, 3.05) is 17.2 Å². The van der Waals surface area contributed by atoms with Crippen molar-refractivity contribution < 1.29 is 23.3 Å². The van der Waals surface area contributed by atoms with Crippen LogP contribution in [0, 0.1) is 21.7 Å². The highest BCUT2D eigenvalue weighted by molar-refractivity contribution is 5.96. The van der Waals surface area contributed by atoms with Crippen LogP contribution in [0.3, 0.4) is 0 Å². The molecule has 0 atom stereocenters. The van der Waals surface area contributed by atoms with Crippen molar-refractivity contribution in [3.8, 4) is 0 Å². The van der Waals surface area contributed by atoms with Crippen LogP contribution in [0.15, 0.2) is 36.4 Å². The van der Waals surface area contributed by atoms with Gasteiger partial charge in [0.1, 0.15) is 5.69 Å². The van der Waals surface area contributed by atoms with Crippen LogP contribution in [0.4, 0.5) is 25.8 Å². The maximum absolute atomic E-state index is 13.1. The molecule has 2 aromatic carbocycles. The van der Waals surface area contributed by atoms with Crippen molar-refractivity contribution >= 4 is 28.8 Å². The summed E-state index contributed by atoms with van der Waals surface area (Å²) in [6.45, 7) is 0.931. The summed E-state index contributed by atoms with van der Waals surface area (Å²) in [6, 6.07) is 6.68. The third-order valence-corrected chi connectivity index (χ3v) is 3.24. The molecule has 2 rings (SSSR count). The Labute approximate surface area is 140 Å². The second-order valence-electron chi connectivity index (χ2n) is 5.08. The van der Waals surface area contributed by atoms with E-state index in [4.69, 9.17) is 0 Å². The molecule has 0 aromatic heterocycles. The van der Waals surface area contributed by atoms with Crippen molar-refractivity contribution in [3.05, 3.63) is 63.7 Å². The lowest BCUT2D eigenvalue weighted by Crippen LogP contribution is -2.22. The Morgan fingerprint density at radius 1 is 1.12 bits per heavy atom. The second-order valence-corrected chi connectivity index (χ2v) is 5.08. The third-order valence-electron chi connectivity index (χ3n) is 3.24. The molecule has 0 aliphatic rings. The topological polar surface area (TPSA) is 101 Å². The van der Waals surface area contributed by atoms with E-state index in [1.807, 2.05) is 0 Å². The largest absolute Gasteiger partial charge is 0.371 e. The molecule has 1 amide bonds. The summed E-state index contributed by atoms with van der Waals surface area (Å²) in [7, 11) is 0. The number of benzene rings is 2. The Bertz CT molecular complexity index is 855. The summed E-state index contributed by atoms with van der Waals surface area (Å²) in [6.07, 6.45) is 0. The number of ketones is 1. The van der Waals surface area contributed by atoms with Gasteiger partial charge in [-0.15, -0.1) is 0 Å². The lowest BCUT2D eigenvalue weighted by Gasteiger charge is -2.09. The molecule has 0 radical (unpaired) electrons. The number of rotatable bonds is 6. The number of nitro groups is 1. The standard InChI is InChI=1S/C16H13F2N3O4/c1-9(22)10-2-5-14(15(6-10)21(24)25)19-8-16(23)20-11-3-4-12(17)13(18)7-11/h2-7,19H,8H2,1H3,(H,20,23). The van der Waals surface area contributed by atoms with Gasteiger partial charge in [-0.2, -0.15) is 0 Å². The van der Waals surface area contributed by atoms with E-state index in [0.29, 0.717) is 0 Å². The zero-order valence-corrected chi connectivity index (χ0v) is 13.0. The van der Waals surface area contributed by atoms with Crippen LogP contribution in [-0.4, -0.2) is 23.2 Å². The van der Waals surface area contributed by atoms with E-state index < -0.39 is 22.5 Å². The van der Waals surface area contributed by atoms with Gasteiger partial charge >= 0.3 is 0 Å². The lowest BCUT2D eigenvalue weighted by atomic mass is 10.1. The lowest BCUT2D eigenvalue weighted by molar-refractivity contribution is -0.384. The third kappa shape index (κ3) is 4.56. The molecule has 0 fully saturated rings. The van der Waals surface area contributed by atoms with Crippen LogP contribution in [0.5, 0.6) is 0 Å². The summed E-state index contributed by atoms with van der Waals surface area (Å²) in [5.41, 5.74) is -0.0839. The maximum atomic E-state index is 13.1. The predicted molar refractivity (Wildman–Crippen MR) is 86.6 cm³/mol. The molecule has 0 aliphatic carbocycles. The van der Waals surface area contributed by atoms with Gasteiger partial charge in [-0.1, -0.05) is 0 Å². The van der Waals surface area contributed by atoms with Gasteiger partial charge in [-0.3, -0.25) is 19.7 Å². The first kappa shape index (κ1) is 18.0. The molecule has 0 bridgehead atoms. The van der Waals surface area contributed by atoms with E-state index in [-0.39, 0.29) is 35.0 Å². The minimum Gasteiger partial charge on any atom is -0.371 e. The average Bonchev–Trinajstić information content (AvgIpc) is 2.56. The van der Waals surface area contributed by atoms with Gasteiger partial charge in [0.05, 0.1) is 11.5 Å².